The number of benzene rings is 1. The van der Waals surface area contributed by atoms with Crippen LogP contribution in [0.5, 0.6) is 5.75 Å². The summed E-state index contributed by atoms with van der Waals surface area (Å²) in [6.45, 7) is 0.102. The Morgan fingerprint density at radius 1 is 1.14 bits per heavy atom. The van der Waals surface area contributed by atoms with Gasteiger partial charge in [-0.1, -0.05) is 0 Å². The van der Waals surface area contributed by atoms with E-state index in [1.54, 1.807) is 0 Å². The maximum absolute atomic E-state index is 13.0. The molecule has 0 atom stereocenters. The Labute approximate surface area is 124 Å². The highest BCUT2D eigenvalue weighted by Gasteiger charge is 2.34. The molecule has 0 N–H and O–H groups in total. The molecular weight excluding hydrogens is 336 g/mol. The molecule has 9 heteroatoms. The van der Waals surface area contributed by atoms with Gasteiger partial charge in [-0.2, -0.15) is 13.2 Å². The summed E-state index contributed by atoms with van der Waals surface area (Å²) in [4.78, 5) is 0. The minimum absolute atomic E-state index is 0.0892. The van der Waals surface area contributed by atoms with Gasteiger partial charge < -0.3 is 4.74 Å². The molecule has 0 unspecified atom stereocenters. The zero-order chi connectivity index (χ0) is 16.1. The quantitative estimate of drug-likeness (QED) is 0.425. The Bertz CT molecular complexity index is 572. The predicted molar refractivity (Wildman–Crippen MR) is 70.4 cm³/mol. The number of hydrogen-bond donors (Lipinski definition) is 0. The van der Waals surface area contributed by atoms with E-state index in [1.807, 2.05) is 0 Å². The Morgan fingerprint density at radius 3 is 2.38 bits per heavy atom. The standard InChI is InChI=1S/C12H13ClF4O3S/c13-21(18,19)7-3-1-2-6-20-9-4-5-11(14)10(8-9)12(15,16)17/h4-5,8H,1-3,6-7H2. The first kappa shape index (κ1) is 18.0. The van der Waals surface area contributed by atoms with Gasteiger partial charge in [-0.15, -0.1) is 0 Å². The lowest BCUT2D eigenvalue weighted by molar-refractivity contribution is -0.140. The molecule has 0 radical (unpaired) electrons. The summed E-state index contributed by atoms with van der Waals surface area (Å²) in [5.41, 5.74) is -1.38. The van der Waals surface area contributed by atoms with E-state index in [0.29, 0.717) is 31.4 Å². The molecule has 0 saturated heterocycles. The molecule has 1 aromatic carbocycles. The van der Waals surface area contributed by atoms with Crippen LogP contribution < -0.4 is 4.74 Å². The van der Waals surface area contributed by atoms with Crippen molar-refractivity contribution in [3.8, 4) is 5.75 Å². The van der Waals surface area contributed by atoms with Gasteiger partial charge in [0.1, 0.15) is 11.6 Å². The Morgan fingerprint density at radius 2 is 1.81 bits per heavy atom. The fourth-order valence-electron chi connectivity index (χ4n) is 1.55. The molecule has 0 aromatic heterocycles. The van der Waals surface area contributed by atoms with Gasteiger partial charge in [0.2, 0.25) is 9.05 Å². The predicted octanol–water partition coefficient (Wildman–Crippen LogP) is 3.96. The molecule has 0 aliphatic carbocycles. The van der Waals surface area contributed by atoms with E-state index >= 15 is 0 Å². The van der Waals surface area contributed by atoms with Crippen LogP contribution >= 0.6 is 10.7 Å². The molecule has 1 rings (SSSR count). The molecule has 0 aliphatic rings. The first-order chi connectivity index (χ1) is 9.59. The summed E-state index contributed by atoms with van der Waals surface area (Å²) in [5, 5.41) is 0. The normalized spacial score (nSPS) is 12.4. The molecule has 0 amide bonds. The number of alkyl halides is 3. The molecule has 0 heterocycles. The molecule has 21 heavy (non-hydrogen) atoms. The summed E-state index contributed by atoms with van der Waals surface area (Å²) in [6.07, 6.45) is -3.49. The molecule has 120 valence electrons. The SMILES string of the molecule is O=S(=O)(Cl)CCCCCOc1ccc(F)c(C(F)(F)F)c1. The highest BCUT2D eigenvalue weighted by atomic mass is 35.7. The van der Waals surface area contributed by atoms with E-state index in [9.17, 15) is 26.0 Å². The van der Waals surface area contributed by atoms with Crippen LogP contribution in [-0.2, 0) is 15.2 Å². The average molecular weight is 349 g/mol. The summed E-state index contributed by atoms with van der Waals surface area (Å²) < 4.78 is 76.8. The number of ether oxygens (including phenoxy) is 1. The highest BCUT2D eigenvalue weighted by molar-refractivity contribution is 8.13. The summed E-state index contributed by atoms with van der Waals surface area (Å²) in [5.74, 6) is -1.61. The molecule has 3 nitrogen and oxygen atoms in total. The third-order valence-electron chi connectivity index (χ3n) is 2.54. The second kappa shape index (κ2) is 7.31. The molecule has 0 bridgehead atoms. The number of halogens is 5. The maximum atomic E-state index is 13.0. The summed E-state index contributed by atoms with van der Waals surface area (Å²) >= 11 is 0. The molecule has 0 aliphatic heterocycles. The topological polar surface area (TPSA) is 43.4 Å². The van der Waals surface area contributed by atoms with Gasteiger partial charge in [-0.25, -0.2) is 12.8 Å². The average Bonchev–Trinajstić information content (AvgIpc) is 2.32. The first-order valence-electron chi connectivity index (χ1n) is 6.01. The van der Waals surface area contributed by atoms with Crippen LogP contribution in [0.1, 0.15) is 24.8 Å². The van der Waals surface area contributed by atoms with Gasteiger partial charge in [0.05, 0.1) is 17.9 Å². The second-order valence-corrected chi connectivity index (χ2v) is 7.19. The molecule has 1 aromatic rings. The van der Waals surface area contributed by atoms with Crippen LogP contribution in [0.25, 0.3) is 0 Å². The first-order valence-corrected chi connectivity index (χ1v) is 8.49. The number of hydrogen-bond acceptors (Lipinski definition) is 3. The lowest BCUT2D eigenvalue weighted by Crippen LogP contribution is -2.09. The number of unbranched alkanes of at least 4 members (excludes halogenated alkanes) is 2. The lowest BCUT2D eigenvalue weighted by atomic mass is 10.2. The third kappa shape index (κ3) is 6.99. The van der Waals surface area contributed by atoms with Crippen molar-refractivity contribution < 1.29 is 30.7 Å². The van der Waals surface area contributed by atoms with Crippen molar-refractivity contribution in [2.45, 2.75) is 25.4 Å². The van der Waals surface area contributed by atoms with Gasteiger partial charge in [0.25, 0.3) is 0 Å². The van der Waals surface area contributed by atoms with E-state index in [0.717, 1.165) is 6.07 Å². The van der Waals surface area contributed by atoms with E-state index in [2.05, 4.69) is 0 Å². The van der Waals surface area contributed by atoms with E-state index in [1.165, 1.54) is 0 Å². The van der Waals surface area contributed by atoms with Gasteiger partial charge in [-0.05, 0) is 37.5 Å². The summed E-state index contributed by atoms with van der Waals surface area (Å²) in [7, 11) is 1.49. The Kier molecular flexibility index (Phi) is 6.27. The number of rotatable bonds is 7. The van der Waals surface area contributed by atoms with Crippen molar-refractivity contribution in [3.63, 3.8) is 0 Å². The fourth-order valence-corrected chi connectivity index (χ4v) is 2.43. The van der Waals surface area contributed by atoms with Crippen LogP contribution in [0.4, 0.5) is 17.6 Å². The van der Waals surface area contributed by atoms with E-state index < -0.39 is 26.6 Å². The minimum Gasteiger partial charge on any atom is -0.494 e. The third-order valence-corrected chi connectivity index (χ3v) is 3.78. The van der Waals surface area contributed by atoms with Crippen LogP contribution in [-0.4, -0.2) is 20.8 Å². The van der Waals surface area contributed by atoms with Crippen molar-refractivity contribution in [1.29, 1.82) is 0 Å². The van der Waals surface area contributed by atoms with Crippen molar-refractivity contribution in [2.75, 3.05) is 12.4 Å². The van der Waals surface area contributed by atoms with Crippen LogP contribution in [0.15, 0.2) is 18.2 Å². The van der Waals surface area contributed by atoms with Crippen molar-refractivity contribution in [2.24, 2.45) is 0 Å². The van der Waals surface area contributed by atoms with Gasteiger partial charge in [0, 0.05) is 10.7 Å². The van der Waals surface area contributed by atoms with E-state index in [4.69, 9.17) is 15.4 Å². The zero-order valence-electron chi connectivity index (χ0n) is 10.8. The molecule has 0 spiro atoms. The Hall–Kier alpha value is -1.02. The second-order valence-electron chi connectivity index (χ2n) is 4.29. The van der Waals surface area contributed by atoms with Gasteiger partial charge in [-0.3, -0.25) is 0 Å². The van der Waals surface area contributed by atoms with Gasteiger partial charge in [0.15, 0.2) is 0 Å². The smallest absolute Gasteiger partial charge is 0.419 e. The molecule has 0 fully saturated rings. The largest absolute Gasteiger partial charge is 0.494 e. The maximum Gasteiger partial charge on any atom is 0.419 e. The van der Waals surface area contributed by atoms with Crippen molar-refractivity contribution >= 4 is 19.7 Å². The highest BCUT2D eigenvalue weighted by Crippen LogP contribution is 2.33. The minimum atomic E-state index is -4.78. The zero-order valence-corrected chi connectivity index (χ0v) is 12.4. The lowest BCUT2D eigenvalue weighted by Gasteiger charge is -2.11. The van der Waals surface area contributed by atoms with E-state index in [-0.39, 0.29) is 18.1 Å². The monoisotopic (exact) mass is 348 g/mol. The Balaban J connectivity index is 2.43. The fraction of sp³-hybridized carbons (Fsp3) is 0.500. The van der Waals surface area contributed by atoms with Crippen molar-refractivity contribution in [1.82, 2.24) is 0 Å². The van der Waals surface area contributed by atoms with Gasteiger partial charge >= 0.3 is 6.18 Å². The molecular formula is C12H13ClF4O3S. The molecule has 0 saturated carbocycles. The van der Waals surface area contributed by atoms with Crippen LogP contribution in [0, 0.1) is 5.82 Å². The van der Waals surface area contributed by atoms with Crippen LogP contribution in [0.2, 0.25) is 0 Å². The summed E-state index contributed by atoms with van der Waals surface area (Å²) in [6, 6.07) is 2.39. The van der Waals surface area contributed by atoms with Crippen LogP contribution in [0.3, 0.4) is 0 Å². The van der Waals surface area contributed by atoms with Crippen molar-refractivity contribution in [3.05, 3.63) is 29.6 Å².